The van der Waals surface area contributed by atoms with Crippen LogP contribution in [0, 0.1) is 18.3 Å². The Hall–Kier alpha value is -3.00. The Labute approximate surface area is 115 Å². The first-order valence-corrected chi connectivity index (χ1v) is 6.09. The Bertz CT molecular complexity index is 807. The van der Waals surface area contributed by atoms with Gasteiger partial charge in [-0.2, -0.15) is 10.4 Å². The van der Waals surface area contributed by atoms with Crippen LogP contribution < -0.4 is 5.73 Å². The second-order valence-electron chi connectivity index (χ2n) is 4.42. The van der Waals surface area contributed by atoms with Crippen molar-refractivity contribution in [2.45, 2.75) is 6.92 Å². The maximum Gasteiger partial charge on any atom is 0.127 e. The summed E-state index contributed by atoms with van der Waals surface area (Å²) in [6, 6.07) is 12.9. The van der Waals surface area contributed by atoms with Crippen LogP contribution in [0.15, 0.2) is 47.1 Å². The van der Waals surface area contributed by atoms with Crippen molar-refractivity contribution in [3.8, 4) is 23.0 Å². The minimum atomic E-state index is 0.510. The largest absolute Gasteiger partial charge is 0.469 e. The molecule has 98 valence electrons. The van der Waals surface area contributed by atoms with Crippen molar-refractivity contribution >= 4 is 5.82 Å². The molecule has 0 bridgehead atoms. The Balaban J connectivity index is 2.10. The van der Waals surface area contributed by atoms with E-state index in [2.05, 4.69) is 11.2 Å². The van der Waals surface area contributed by atoms with Gasteiger partial charge in [-0.25, -0.2) is 4.68 Å². The molecule has 0 spiro atoms. The van der Waals surface area contributed by atoms with Gasteiger partial charge < -0.3 is 10.2 Å². The molecule has 0 unspecified atom stereocenters. The molecule has 5 heteroatoms. The molecule has 0 aliphatic carbocycles. The number of nitrogen functional groups attached to an aromatic ring is 1. The fourth-order valence-corrected chi connectivity index (χ4v) is 2.09. The van der Waals surface area contributed by atoms with E-state index in [1.54, 1.807) is 35.2 Å². The molecule has 20 heavy (non-hydrogen) atoms. The zero-order valence-electron chi connectivity index (χ0n) is 10.9. The topological polar surface area (TPSA) is 80.8 Å². The summed E-state index contributed by atoms with van der Waals surface area (Å²) in [6.07, 6.45) is 1.62. The fourth-order valence-electron chi connectivity index (χ4n) is 2.09. The third-order valence-corrected chi connectivity index (χ3v) is 3.09. The summed E-state index contributed by atoms with van der Waals surface area (Å²) in [5.74, 6) is 1.30. The van der Waals surface area contributed by atoms with Crippen molar-refractivity contribution in [3.05, 3.63) is 54.0 Å². The second kappa shape index (κ2) is 4.59. The van der Waals surface area contributed by atoms with Crippen LogP contribution in [-0.4, -0.2) is 9.78 Å². The Kier molecular flexibility index (Phi) is 2.77. The summed E-state index contributed by atoms with van der Waals surface area (Å²) < 4.78 is 6.89. The maximum absolute atomic E-state index is 8.95. The molecule has 0 saturated heterocycles. The van der Waals surface area contributed by atoms with Gasteiger partial charge >= 0.3 is 0 Å². The van der Waals surface area contributed by atoms with E-state index in [-0.39, 0.29) is 0 Å². The lowest BCUT2D eigenvalue weighted by molar-refractivity contribution is 0.535. The van der Waals surface area contributed by atoms with Crippen LogP contribution in [0.5, 0.6) is 0 Å². The molecule has 0 atom stereocenters. The molecular weight excluding hydrogens is 252 g/mol. The van der Waals surface area contributed by atoms with Gasteiger partial charge in [0.2, 0.25) is 0 Å². The van der Waals surface area contributed by atoms with Gasteiger partial charge in [-0.1, -0.05) is 6.07 Å². The van der Waals surface area contributed by atoms with Gasteiger partial charge in [0.15, 0.2) is 0 Å². The smallest absolute Gasteiger partial charge is 0.127 e. The molecule has 1 aromatic carbocycles. The van der Waals surface area contributed by atoms with E-state index in [0.29, 0.717) is 11.4 Å². The van der Waals surface area contributed by atoms with E-state index in [1.807, 2.05) is 19.1 Å². The number of aromatic nitrogens is 2. The number of nitriles is 1. The highest BCUT2D eigenvalue weighted by molar-refractivity contribution is 5.65. The fraction of sp³-hybridized carbons (Fsp3) is 0.0667. The number of nitrogens with zero attached hydrogens (tertiary/aromatic N) is 3. The van der Waals surface area contributed by atoms with Crippen molar-refractivity contribution in [2.75, 3.05) is 5.73 Å². The summed E-state index contributed by atoms with van der Waals surface area (Å²) in [6.45, 7) is 1.88. The number of benzene rings is 1. The summed E-state index contributed by atoms with van der Waals surface area (Å²) in [7, 11) is 0. The van der Waals surface area contributed by atoms with E-state index in [9.17, 15) is 0 Å². The quantitative estimate of drug-likeness (QED) is 0.771. The standard InChI is InChI=1S/C15H12N4O/c1-10-13(5-6-20-10)14-8-15(17)19(18-14)12-4-2-3-11(7-12)9-16/h2-8H,17H2,1H3. The van der Waals surface area contributed by atoms with E-state index in [4.69, 9.17) is 15.4 Å². The summed E-state index contributed by atoms with van der Waals surface area (Å²) in [4.78, 5) is 0. The maximum atomic E-state index is 8.95. The Morgan fingerprint density at radius 3 is 2.85 bits per heavy atom. The predicted octanol–water partition coefficient (Wildman–Crippen LogP) is 2.89. The molecule has 2 heterocycles. The highest BCUT2D eigenvalue weighted by atomic mass is 16.3. The highest BCUT2D eigenvalue weighted by Gasteiger charge is 2.12. The molecule has 2 aromatic heterocycles. The predicted molar refractivity (Wildman–Crippen MR) is 75.1 cm³/mol. The molecule has 2 N–H and O–H groups in total. The lowest BCUT2D eigenvalue weighted by Crippen LogP contribution is -2.01. The molecule has 0 radical (unpaired) electrons. The lowest BCUT2D eigenvalue weighted by atomic mass is 10.2. The Morgan fingerprint density at radius 1 is 1.30 bits per heavy atom. The van der Waals surface area contributed by atoms with Gasteiger partial charge in [0.25, 0.3) is 0 Å². The van der Waals surface area contributed by atoms with E-state index < -0.39 is 0 Å². The minimum Gasteiger partial charge on any atom is -0.469 e. The van der Waals surface area contributed by atoms with Crippen molar-refractivity contribution in [2.24, 2.45) is 0 Å². The molecule has 3 rings (SSSR count). The Morgan fingerprint density at radius 2 is 2.15 bits per heavy atom. The average molecular weight is 264 g/mol. The van der Waals surface area contributed by atoms with E-state index >= 15 is 0 Å². The van der Waals surface area contributed by atoms with Crippen molar-refractivity contribution in [1.29, 1.82) is 5.26 Å². The van der Waals surface area contributed by atoms with Gasteiger partial charge in [-0.05, 0) is 31.2 Å². The molecular formula is C15H12N4O. The van der Waals surface area contributed by atoms with Crippen LogP contribution in [0.25, 0.3) is 16.9 Å². The van der Waals surface area contributed by atoms with Crippen LogP contribution in [0.3, 0.4) is 0 Å². The number of anilines is 1. The first kappa shape index (κ1) is 12.1. The zero-order chi connectivity index (χ0) is 14.1. The lowest BCUT2D eigenvalue weighted by Gasteiger charge is -2.03. The van der Waals surface area contributed by atoms with Crippen LogP contribution in [0.1, 0.15) is 11.3 Å². The number of hydrogen-bond donors (Lipinski definition) is 1. The number of rotatable bonds is 2. The normalized spacial score (nSPS) is 10.4. The third kappa shape index (κ3) is 1.93. The third-order valence-electron chi connectivity index (χ3n) is 3.09. The number of nitrogens with two attached hydrogens (primary N) is 1. The number of aryl methyl sites for hydroxylation is 1. The monoisotopic (exact) mass is 264 g/mol. The molecule has 0 amide bonds. The first-order valence-electron chi connectivity index (χ1n) is 6.09. The number of furan rings is 1. The molecule has 0 fully saturated rings. The molecule has 0 aliphatic heterocycles. The number of hydrogen-bond acceptors (Lipinski definition) is 4. The summed E-state index contributed by atoms with van der Waals surface area (Å²) in [5, 5.41) is 13.4. The van der Waals surface area contributed by atoms with Gasteiger partial charge in [-0.15, -0.1) is 0 Å². The van der Waals surface area contributed by atoms with Gasteiger partial charge in [-0.3, -0.25) is 0 Å². The van der Waals surface area contributed by atoms with Crippen LogP contribution in [-0.2, 0) is 0 Å². The van der Waals surface area contributed by atoms with Crippen molar-refractivity contribution in [3.63, 3.8) is 0 Å². The van der Waals surface area contributed by atoms with Crippen LogP contribution in [0.4, 0.5) is 5.82 Å². The average Bonchev–Trinajstić information content (AvgIpc) is 3.04. The highest BCUT2D eigenvalue weighted by Crippen LogP contribution is 2.26. The van der Waals surface area contributed by atoms with Gasteiger partial charge in [0, 0.05) is 11.6 Å². The van der Waals surface area contributed by atoms with Crippen molar-refractivity contribution < 1.29 is 4.42 Å². The van der Waals surface area contributed by atoms with Crippen molar-refractivity contribution in [1.82, 2.24) is 9.78 Å². The second-order valence-corrected chi connectivity index (χ2v) is 4.42. The van der Waals surface area contributed by atoms with Gasteiger partial charge in [0.1, 0.15) is 11.6 Å². The van der Waals surface area contributed by atoms with Gasteiger partial charge in [0.05, 0.1) is 29.3 Å². The SMILES string of the molecule is Cc1occc1-c1cc(N)n(-c2cccc(C#N)c2)n1. The zero-order valence-corrected chi connectivity index (χ0v) is 10.9. The van der Waals surface area contributed by atoms with E-state index in [0.717, 1.165) is 22.7 Å². The molecule has 3 aromatic rings. The van der Waals surface area contributed by atoms with E-state index in [1.165, 1.54) is 0 Å². The first-order chi connectivity index (χ1) is 9.69. The molecule has 5 nitrogen and oxygen atoms in total. The van der Waals surface area contributed by atoms with Crippen LogP contribution in [0.2, 0.25) is 0 Å². The molecule has 0 aliphatic rings. The van der Waals surface area contributed by atoms with Crippen LogP contribution >= 0.6 is 0 Å². The summed E-state index contributed by atoms with van der Waals surface area (Å²) >= 11 is 0. The minimum absolute atomic E-state index is 0.510. The molecule has 0 saturated carbocycles. The summed E-state index contributed by atoms with van der Waals surface area (Å²) in [5.41, 5.74) is 8.99.